The average molecular weight is 292 g/mol. The van der Waals surface area contributed by atoms with Crippen molar-refractivity contribution in [2.75, 3.05) is 5.32 Å². The van der Waals surface area contributed by atoms with E-state index in [1.165, 1.54) is 12.1 Å². The standard InChI is InChI=1S/C13H10ClN3O3/c1-8-7-11(15-2)13(20-8)16-12(14)9-3-5-10(6-4-9)17(18)19/h3-7,12,16H,1H3. The van der Waals surface area contributed by atoms with Crippen molar-refractivity contribution < 1.29 is 9.34 Å². The summed E-state index contributed by atoms with van der Waals surface area (Å²) in [7, 11) is 0. The van der Waals surface area contributed by atoms with Crippen molar-refractivity contribution in [1.82, 2.24) is 0 Å². The van der Waals surface area contributed by atoms with E-state index >= 15 is 0 Å². The van der Waals surface area contributed by atoms with Gasteiger partial charge in [0.1, 0.15) is 5.50 Å². The number of furan rings is 1. The van der Waals surface area contributed by atoms with Gasteiger partial charge in [-0.15, -0.1) is 0 Å². The van der Waals surface area contributed by atoms with Gasteiger partial charge in [0.05, 0.1) is 17.3 Å². The van der Waals surface area contributed by atoms with Crippen LogP contribution in [0.2, 0.25) is 0 Å². The lowest BCUT2D eigenvalue weighted by Crippen LogP contribution is -2.03. The molecule has 0 aliphatic heterocycles. The molecule has 0 fully saturated rings. The number of rotatable bonds is 4. The van der Waals surface area contributed by atoms with Crippen LogP contribution >= 0.6 is 11.6 Å². The van der Waals surface area contributed by atoms with Gasteiger partial charge in [0.15, 0.2) is 5.88 Å². The molecule has 1 unspecified atom stereocenters. The number of nitrogens with one attached hydrogen (secondary N) is 1. The summed E-state index contributed by atoms with van der Waals surface area (Å²) in [6.07, 6.45) is 0. The second-order valence-corrected chi connectivity index (χ2v) is 4.48. The van der Waals surface area contributed by atoms with Crippen molar-refractivity contribution in [2.24, 2.45) is 0 Å². The zero-order valence-electron chi connectivity index (χ0n) is 10.5. The molecule has 2 aromatic rings. The minimum atomic E-state index is -0.651. The zero-order chi connectivity index (χ0) is 14.7. The topological polar surface area (TPSA) is 72.7 Å². The van der Waals surface area contributed by atoms with Crippen LogP contribution in [0.1, 0.15) is 16.8 Å². The average Bonchev–Trinajstić information content (AvgIpc) is 2.78. The number of aryl methyl sites for hydroxylation is 1. The van der Waals surface area contributed by atoms with Crippen LogP contribution in [-0.2, 0) is 0 Å². The normalized spacial score (nSPS) is 11.7. The molecule has 0 saturated carbocycles. The van der Waals surface area contributed by atoms with Crippen LogP contribution in [0.15, 0.2) is 34.7 Å². The maximum atomic E-state index is 10.6. The minimum absolute atomic E-state index is 0.00620. The molecule has 1 heterocycles. The largest absolute Gasteiger partial charge is 0.457 e. The fourth-order valence-electron chi connectivity index (χ4n) is 1.65. The van der Waals surface area contributed by atoms with Crippen molar-refractivity contribution in [3.63, 3.8) is 0 Å². The van der Waals surface area contributed by atoms with Crippen molar-refractivity contribution >= 4 is 28.9 Å². The smallest absolute Gasteiger partial charge is 0.269 e. The van der Waals surface area contributed by atoms with Crippen LogP contribution in [0.4, 0.5) is 17.3 Å². The molecule has 7 heteroatoms. The highest BCUT2D eigenvalue weighted by Gasteiger charge is 2.15. The summed E-state index contributed by atoms with van der Waals surface area (Å²) in [5.74, 6) is 0.891. The van der Waals surface area contributed by atoms with Gasteiger partial charge in [0.25, 0.3) is 5.69 Å². The number of non-ortho nitro benzene ring substituents is 1. The fraction of sp³-hybridized carbons (Fsp3) is 0.154. The number of halogens is 1. The van der Waals surface area contributed by atoms with Crippen LogP contribution < -0.4 is 5.32 Å². The zero-order valence-corrected chi connectivity index (χ0v) is 11.2. The number of hydrogen-bond acceptors (Lipinski definition) is 4. The highest BCUT2D eigenvalue weighted by molar-refractivity contribution is 6.21. The summed E-state index contributed by atoms with van der Waals surface area (Å²) >= 11 is 6.17. The molecule has 0 aliphatic carbocycles. The Balaban J connectivity index is 2.17. The van der Waals surface area contributed by atoms with Gasteiger partial charge in [-0.2, -0.15) is 0 Å². The maximum absolute atomic E-state index is 10.6. The Kier molecular flexibility index (Phi) is 3.91. The molecular weight excluding hydrogens is 282 g/mol. The molecule has 2 rings (SSSR count). The first-order chi connectivity index (χ1) is 9.51. The molecule has 6 nitrogen and oxygen atoms in total. The van der Waals surface area contributed by atoms with E-state index in [1.807, 2.05) is 0 Å². The van der Waals surface area contributed by atoms with Crippen LogP contribution in [-0.4, -0.2) is 4.92 Å². The van der Waals surface area contributed by atoms with Gasteiger partial charge < -0.3 is 9.73 Å². The Morgan fingerprint density at radius 1 is 1.45 bits per heavy atom. The molecule has 0 aliphatic rings. The third kappa shape index (κ3) is 2.90. The van der Waals surface area contributed by atoms with E-state index in [-0.39, 0.29) is 11.6 Å². The van der Waals surface area contributed by atoms with Crippen LogP contribution in [0.25, 0.3) is 4.85 Å². The molecular formula is C13H10ClN3O3. The lowest BCUT2D eigenvalue weighted by atomic mass is 10.2. The van der Waals surface area contributed by atoms with E-state index in [4.69, 9.17) is 22.6 Å². The van der Waals surface area contributed by atoms with E-state index in [0.29, 0.717) is 17.0 Å². The van der Waals surface area contributed by atoms with E-state index in [9.17, 15) is 10.1 Å². The summed E-state index contributed by atoms with van der Waals surface area (Å²) in [4.78, 5) is 13.4. The van der Waals surface area contributed by atoms with Gasteiger partial charge in [0, 0.05) is 12.1 Å². The van der Waals surface area contributed by atoms with Gasteiger partial charge >= 0.3 is 0 Å². The molecule has 102 valence electrons. The number of benzene rings is 1. The summed E-state index contributed by atoms with van der Waals surface area (Å²) in [5.41, 5.74) is 0.326. The Bertz CT molecular complexity index is 673. The molecule has 0 radical (unpaired) electrons. The van der Waals surface area contributed by atoms with Crippen molar-refractivity contribution in [3.05, 3.63) is 63.2 Å². The highest BCUT2D eigenvalue weighted by Crippen LogP contribution is 2.33. The molecule has 0 spiro atoms. The second kappa shape index (κ2) is 5.63. The number of alkyl halides is 1. The van der Waals surface area contributed by atoms with Crippen molar-refractivity contribution in [1.29, 1.82) is 0 Å². The molecule has 0 bridgehead atoms. The van der Waals surface area contributed by atoms with Gasteiger partial charge in [-0.1, -0.05) is 11.6 Å². The van der Waals surface area contributed by atoms with E-state index < -0.39 is 10.4 Å². The summed E-state index contributed by atoms with van der Waals surface area (Å²) < 4.78 is 5.34. The highest BCUT2D eigenvalue weighted by atomic mass is 35.5. The van der Waals surface area contributed by atoms with Crippen molar-refractivity contribution in [3.8, 4) is 0 Å². The summed E-state index contributed by atoms with van der Waals surface area (Å²) in [6.45, 7) is 8.76. The first kappa shape index (κ1) is 13.9. The van der Waals surface area contributed by atoms with Gasteiger partial charge in [0.2, 0.25) is 5.69 Å². The van der Waals surface area contributed by atoms with Crippen LogP contribution in [0.5, 0.6) is 0 Å². The Morgan fingerprint density at radius 3 is 2.65 bits per heavy atom. The predicted molar refractivity (Wildman–Crippen MR) is 75.0 cm³/mol. The quantitative estimate of drug-likeness (QED) is 0.298. The third-order valence-electron chi connectivity index (χ3n) is 2.61. The molecule has 1 N–H and O–H groups in total. The second-order valence-electron chi connectivity index (χ2n) is 4.04. The molecule has 1 aromatic heterocycles. The molecule has 1 atom stereocenters. The van der Waals surface area contributed by atoms with Gasteiger partial charge in [-0.05, 0) is 30.7 Å². The predicted octanol–water partition coefficient (Wildman–Crippen LogP) is 4.40. The number of anilines is 1. The number of nitro groups is 1. The Hall–Kier alpha value is -2.52. The lowest BCUT2D eigenvalue weighted by Gasteiger charge is -2.11. The van der Waals surface area contributed by atoms with Crippen LogP contribution in [0.3, 0.4) is 0 Å². The molecule has 0 amide bonds. The van der Waals surface area contributed by atoms with E-state index in [2.05, 4.69) is 10.2 Å². The lowest BCUT2D eigenvalue weighted by molar-refractivity contribution is -0.384. The van der Waals surface area contributed by atoms with E-state index in [1.54, 1.807) is 25.1 Å². The van der Waals surface area contributed by atoms with Crippen molar-refractivity contribution in [2.45, 2.75) is 12.4 Å². The molecule has 20 heavy (non-hydrogen) atoms. The Morgan fingerprint density at radius 2 is 2.10 bits per heavy atom. The fourth-order valence-corrected chi connectivity index (χ4v) is 1.90. The summed E-state index contributed by atoms with van der Waals surface area (Å²) in [5, 5.41) is 13.4. The minimum Gasteiger partial charge on any atom is -0.457 e. The monoisotopic (exact) mass is 291 g/mol. The Labute approximate surface area is 119 Å². The maximum Gasteiger partial charge on any atom is 0.269 e. The van der Waals surface area contributed by atoms with Gasteiger partial charge in [-0.25, -0.2) is 4.85 Å². The molecule has 0 saturated heterocycles. The van der Waals surface area contributed by atoms with E-state index in [0.717, 1.165) is 0 Å². The first-order valence-corrected chi connectivity index (χ1v) is 6.07. The SMILES string of the molecule is [C-]#[N+]c1cc(C)oc1NC(Cl)c1ccc([N+](=O)[O-])cc1. The summed E-state index contributed by atoms with van der Waals surface area (Å²) in [6, 6.07) is 7.45. The molecule has 1 aromatic carbocycles. The number of hydrogen-bond donors (Lipinski definition) is 1. The first-order valence-electron chi connectivity index (χ1n) is 5.64. The van der Waals surface area contributed by atoms with Crippen LogP contribution in [0, 0.1) is 23.6 Å². The number of nitrogens with zero attached hydrogens (tertiary/aromatic N) is 2. The van der Waals surface area contributed by atoms with Gasteiger partial charge in [-0.3, -0.25) is 10.1 Å². The third-order valence-corrected chi connectivity index (χ3v) is 2.97. The number of nitro benzene ring substituents is 1.